The van der Waals surface area contributed by atoms with Gasteiger partial charge in [0.15, 0.2) is 5.65 Å². The van der Waals surface area contributed by atoms with Gasteiger partial charge < -0.3 is 4.90 Å². The summed E-state index contributed by atoms with van der Waals surface area (Å²) in [6.07, 6.45) is 5.21. The molecule has 0 saturated carbocycles. The van der Waals surface area contributed by atoms with Crippen molar-refractivity contribution in [2.45, 2.75) is 45.7 Å². The Hall–Kier alpha value is -2.53. The molecule has 2 aliphatic rings. The van der Waals surface area contributed by atoms with Crippen LogP contribution >= 0.6 is 0 Å². The fraction of sp³-hybridized carbons (Fsp3) is 0.435. The number of benzene rings is 1. The lowest BCUT2D eigenvalue weighted by molar-refractivity contribution is 0.153. The highest BCUT2D eigenvalue weighted by atomic mass is 15.2. The number of piperidine rings is 1. The van der Waals surface area contributed by atoms with Crippen LogP contribution in [0.2, 0.25) is 0 Å². The van der Waals surface area contributed by atoms with E-state index in [0.29, 0.717) is 6.04 Å². The van der Waals surface area contributed by atoms with Crippen molar-refractivity contribution in [3.05, 3.63) is 59.0 Å². The number of pyridine rings is 1. The van der Waals surface area contributed by atoms with Gasteiger partial charge in [0.25, 0.3) is 0 Å². The number of hydrogen-bond donors (Lipinski definition) is 0. The average Bonchev–Trinajstić information content (AvgIpc) is 2.73. The van der Waals surface area contributed by atoms with E-state index in [0.717, 1.165) is 42.2 Å². The fourth-order valence-electron chi connectivity index (χ4n) is 4.90. The molecule has 4 heterocycles. The lowest BCUT2D eigenvalue weighted by Gasteiger charge is -2.41. The molecule has 0 radical (unpaired) electrons. The van der Waals surface area contributed by atoms with E-state index in [1.807, 2.05) is 6.92 Å². The molecule has 144 valence electrons. The van der Waals surface area contributed by atoms with Crippen molar-refractivity contribution < 1.29 is 0 Å². The molecule has 5 heteroatoms. The maximum Gasteiger partial charge on any atom is 0.165 e. The normalized spacial score (nSPS) is 18.4. The van der Waals surface area contributed by atoms with Crippen LogP contribution in [0.1, 0.15) is 35.2 Å². The minimum Gasteiger partial charge on any atom is -0.356 e. The lowest BCUT2D eigenvalue weighted by atomic mass is 9.95. The summed E-state index contributed by atoms with van der Waals surface area (Å²) in [6.45, 7) is 8.53. The van der Waals surface area contributed by atoms with E-state index in [9.17, 15) is 0 Å². The van der Waals surface area contributed by atoms with E-state index in [4.69, 9.17) is 0 Å². The zero-order valence-corrected chi connectivity index (χ0v) is 16.7. The Morgan fingerprint density at radius 1 is 0.964 bits per heavy atom. The monoisotopic (exact) mass is 373 g/mol. The Morgan fingerprint density at radius 2 is 1.75 bits per heavy atom. The van der Waals surface area contributed by atoms with E-state index in [1.165, 1.54) is 42.5 Å². The third-order valence-corrected chi connectivity index (χ3v) is 6.35. The van der Waals surface area contributed by atoms with Crippen molar-refractivity contribution in [1.82, 2.24) is 19.9 Å². The second-order valence-electron chi connectivity index (χ2n) is 8.18. The van der Waals surface area contributed by atoms with Crippen LogP contribution in [0.15, 0.2) is 36.7 Å². The van der Waals surface area contributed by atoms with Gasteiger partial charge in [-0.2, -0.15) is 0 Å². The number of anilines is 1. The van der Waals surface area contributed by atoms with E-state index in [-0.39, 0.29) is 0 Å². The zero-order chi connectivity index (χ0) is 19.1. The Bertz CT molecular complexity index is 1010. The van der Waals surface area contributed by atoms with Crippen LogP contribution < -0.4 is 4.90 Å². The van der Waals surface area contributed by atoms with Gasteiger partial charge in [-0.3, -0.25) is 4.90 Å². The largest absolute Gasteiger partial charge is 0.356 e. The molecule has 1 saturated heterocycles. The molecule has 0 aliphatic carbocycles. The first-order chi connectivity index (χ1) is 13.7. The fourth-order valence-corrected chi connectivity index (χ4v) is 4.90. The van der Waals surface area contributed by atoms with E-state index in [1.54, 1.807) is 6.33 Å². The van der Waals surface area contributed by atoms with Crippen LogP contribution in [0, 0.1) is 13.8 Å². The van der Waals surface area contributed by atoms with Gasteiger partial charge in [0, 0.05) is 37.9 Å². The third-order valence-electron chi connectivity index (χ3n) is 6.35. The topological polar surface area (TPSA) is 45.2 Å². The summed E-state index contributed by atoms with van der Waals surface area (Å²) in [6, 6.07) is 11.7. The quantitative estimate of drug-likeness (QED) is 0.686. The standard InChI is InChI=1S/C23H27N5/c1-16-13-17(2)26-22-21(16)23(25-15-24-22)27-11-8-20(9-12-27)28-10-7-18-5-3-4-6-19(18)14-28/h3-6,13,15,20H,7-12,14H2,1-2H3. The summed E-state index contributed by atoms with van der Waals surface area (Å²) in [5.41, 5.74) is 6.08. The molecule has 0 bridgehead atoms. The predicted octanol–water partition coefficient (Wildman–Crippen LogP) is 3.67. The number of hydrogen-bond acceptors (Lipinski definition) is 5. The first kappa shape index (κ1) is 17.6. The molecule has 0 amide bonds. The lowest BCUT2D eigenvalue weighted by Crippen LogP contribution is -2.46. The summed E-state index contributed by atoms with van der Waals surface area (Å²) in [5.74, 6) is 1.05. The van der Waals surface area contributed by atoms with Gasteiger partial charge in [0.05, 0.1) is 5.39 Å². The van der Waals surface area contributed by atoms with Crippen LogP contribution in [0.3, 0.4) is 0 Å². The molecule has 0 unspecified atom stereocenters. The number of aromatic nitrogens is 3. The van der Waals surface area contributed by atoms with E-state index >= 15 is 0 Å². The van der Waals surface area contributed by atoms with Gasteiger partial charge in [0.2, 0.25) is 0 Å². The molecule has 0 N–H and O–H groups in total. The van der Waals surface area contributed by atoms with Crippen LogP contribution in [0.5, 0.6) is 0 Å². The van der Waals surface area contributed by atoms with Gasteiger partial charge in [-0.1, -0.05) is 24.3 Å². The van der Waals surface area contributed by atoms with Crippen LogP contribution in [-0.2, 0) is 13.0 Å². The molecular weight excluding hydrogens is 346 g/mol. The molecule has 5 nitrogen and oxygen atoms in total. The van der Waals surface area contributed by atoms with Gasteiger partial charge in [0.1, 0.15) is 12.1 Å². The molecule has 3 aromatic rings. The molecule has 5 rings (SSSR count). The molecule has 0 atom stereocenters. The third kappa shape index (κ3) is 3.14. The van der Waals surface area contributed by atoms with Crippen molar-refractivity contribution in [3.63, 3.8) is 0 Å². The zero-order valence-electron chi connectivity index (χ0n) is 16.7. The van der Waals surface area contributed by atoms with Crippen molar-refractivity contribution in [2.75, 3.05) is 24.5 Å². The van der Waals surface area contributed by atoms with E-state index < -0.39 is 0 Å². The number of nitrogens with zero attached hydrogens (tertiary/aromatic N) is 5. The summed E-state index contributed by atoms with van der Waals surface area (Å²) in [5, 5.41) is 1.11. The van der Waals surface area contributed by atoms with Gasteiger partial charge in [-0.25, -0.2) is 15.0 Å². The first-order valence-electron chi connectivity index (χ1n) is 10.3. The Morgan fingerprint density at radius 3 is 2.57 bits per heavy atom. The summed E-state index contributed by atoms with van der Waals surface area (Å²) >= 11 is 0. The first-order valence-corrected chi connectivity index (χ1v) is 10.3. The van der Waals surface area contributed by atoms with Crippen molar-refractivity contribution in [2.24, 2.45) is 0 Å². The molecular formula is C23H27N5. The maximum atomic E-state index is 4.65. The number of rotatable bonds is 2. The second kappa shape index (κ2) is 7.13. The van der Waals surface area contributed by atoms with Crippen LogP contribution in [0.25, 0.3) is 11.0 Å². The highest BCUT2D eigenvalue weighted by molar-refractivity contribution is 5.90. The molecule has 1 aromatic carbocycles. The van der Waals surface area contributed by atoms with Crippen LogP contribution in [0.4, 0.5) is 5.82 Å². The Balaban J connectivity index is 1.33. The highest BCUT2D eigenvalue weighted by Crippen LogP contribution is 2.30. The van der Waals surface area contributed by atoms with Crippen molar-refractivity contribution in [3.8, 4) is 0 Å². The second-order valence-corrected chi connectivity index (χ2v) is 8.18. The predicted molar refractivity (Wildman–Crippen MR) is 113 cm³/mol. The van der Waals surface area contributed by atoms with Gasteiger partial charge in [-0.05, 0) is 55.9 Å². The molecule has 2 aromatic heterocycles. The van der Waals surface area contributed by atoms with Gasteiger partial charge in [-0.15, -0.1) is 0 Å². The number of fused-ring (bicyclic) bond motifs is 2. The van der Waals surface area contributed by atoms with Gasteiger partial charge >= 0.3 is 0 Å². The minimum atomic E-state index is 0.666. The molecule has 1 fully saturated rings. The Kier molecular flexibility index (Phi) is 4.47. The SMILES string of the molecule is Cc1cc(C)c2c(N3CCC(N4CCc5ccccc5C4)CC3)ncnc2n1. The molecule has 2 aliphatic heterocycles. The smallest absolute Gasteiger partial charge is 0.165 e. The highest BCUT2D eigenvalue weighted by Gasteiger charge is 2.28. The van der Waals surface area contributed by atoms with Crippen LogP contribution in [-0.4, -0.2) is 45.5 Å². The maximum absolute atomic E-state index is 4.65. The summed E-state index contributed by atoms with van der Waals surface area (Å²) < 4.78 is 0. The molecule has 0 spiro atoms. The van der Waals surface area contributed by atoms with Crippen molar-refractivity contribution >= 4 is 16.9 Å². The number of aryl methyl sites for hydroxylation is 2. The molecule has 28 heavy (non-hydrogen) atoms. The Labute approximate surface area is 166 Å². The van der Waals surface area contributed by atoms with Crippen molar-refractivity contribution in [1.29, 1.82) is 0 Å². The van der Waals surface area contributed by atoms with E-state index in [2.05, 4.69) is 62.0 Å². The average molecular weight is 374 g/mol. The minimum absolute atomic E-state index is 0.666. The summed E-state index contributed by atoms with van der Waals surface area (Å²) in [7, 11) is 0. The summed E-state index contributed by atoms with van der Waals surface area (Å²) in [4.78, 5) is 18.8.